The maximum atomic E-state index is 12.5. The van der Waals surface area contributed by atoms with Crippen LogP contribution in [0.5, 0.6) is 11.5 Å². The minimum absolute atomic E-state index is 0.0455. The average Bonchev–Trinajstić information content (AvgIpc) is 3.12. The highest BCUT2D eigenvalue weighted by Crippen LogP contribution is 2.39. The summed E-state index contributed by atoms with van der Waals surface area (Å²) in [4.78, 5) is 33.2. The number of rotatable bonds is 9. The van der Waals surface area contributed by atoms with Crippen molar-refractivity contribution >= 4 is 33.7 Å². The third-order valence-electron chi connectivity index (χ3n) is 5.29. The molecule has 0 atom stereocenters. The van der Waals surface area contributed by atoms with Crippen molar-refractivity contribution in [3.8, 4) is 11.5 Å². The molecule has 0 radical (unpaired) electrons. The Morgan fingerprint density at radius 2 is 1.69 bits per heavy atom. The fourth-order valence-electron chi connectivity index (χ4n) is 3.93. The highest BCUT2D eigenvalue weighted by Gasteiger charge is 2.31. The van der Waals surface area contributed by atoms with Crippen LogP contribution in [0.4, 0.5) is 13.2 Å². The molecule has 188 valence electrons. The fraction of sp³-hybridized carbons (Fsp3) is 0.167. The number of aromatic nitrogens is 1. The Morgan fingerprint density at radius 3 is 2.31 bits per heavy atom. The van der Waals surface area contributed by atoms with Gasteiger partial charge in [0.25, 0.3) is 0 Å². The van der Waals surface area contributed by atoms with E-state index in [1.165, 1.54) is 36.4 Å². The number of ether oxygens (including phenoxy) is 1. The summed E-state index contributed by atoms with van der Waals surface area (Å²) >= 11 is 0. The standard InChI is InChI=1S/C24H19F3N2O7/c25-24(26,27)35-15-6-4-13(5-7-15)10-29-17-3-1-2-16(23(28)33)21(17)22-18(29)8-14(11-30)9-19(22)36-34-12-20(31)32/h1-9,30H,10-12H2,(H2,28,33)(H,31,32). The summed E-state index contributed by atoms with van der Waals surface area (Å²) in [5, 5.41) is 19.4. The van der Waals surface area contributed by atoms with E-state index in [0.29, 0.717) is 32.9 Å². The van der Waals surface area contributed by atoms with E-state index in [-0.39, 0.29) is 30.2 Å². The van der Waals surface area contributed by atoms with E-state index < -0.39 is 24.8 Å². The minimum Gasteiger partial charge on any atom is -0.479 e. The third kappa shape index (κ3) is 5.19. The van der Waals surface area contributed by atoms with Crippen molar-refractivity contribution in [3.63, 3.8) is 0 Å². The number of carbonyl (C=O) groups excluding carboxylic acids is 1. The summed E-state index contributed by atoms with van der Waals surface area (Å²) in [7, 11) is 0. The van der Waals surface area contributed by atoms with Crippen LogP contribution in [0, 0.1) is 0 Å². The van der Waals surface area contributed by atoms with Gasteiger partial charge in [-0.15, -0.1) is 13.2 Å². The van der Waals surface area contributed by atoms with Crippen LogP contribution >= 0.6 is 0 Å². The molecule has 1 amide bonds. The molecule has 36 heavy (non-hydrogen) atoms. The molecule has 4 rings (SSSR count). The second-order valence-electron chi connectivity index (χ2n) is 7.73. The molecule has 9 nitrogen and oxygen atoms in total. The van der Waals surface area contributed by atoms with Gasteiger partial charge >= 0.3 is 12.3 Å². The summed E-state index contributed by atoms with van der Waals surface area (Å²) in [6.45, 7) is -1.00. The number of hydrogen-bond donors (Lipinski definition) is 3. The van der Waals surface area contributed by atoms with Crippen molar-refractivity contribution in [2.45, 2.75) is 19.5 Å². The van der Waals surface area contributed by atoms with E-state index in [4.69, 9.17) is 20.6 Å². The van der Waals surface area contributed by atoms with E-state index >= 15 is 0 Å². The maximum Gasteiger partial charge on any atom is 0.573 e. The molecule has 4 aromatic rings. The van der Waals surface area contributed by atoms with Gasteiger partial charge in [-0.3, -0.25) is 4.79 Å². The first-order chi connectivity index (χ1) is 17.1. The summed E-state index contributed by atoms with van der Waals surface area (Å²) in [5.41, 5.74) is 7.78. The Bertz CT molecular complexity index is 1450. The summed E-state index contributed by atoms with van der Waals surface area (Å²) in [6, 6.07) is 13.2. The molecule has 0 unspecified atom stereocenters. The number of aliphatic hydroxyl groups excluding tert-OH is 1. The monoisotopic (exact) mass is 504 g/mol. The van der Waals surface area contributed by atoms with E-state index in [1.54, 1.807) is 22.8 Å². The van der Waals surface area contributed by atoms with Gasteiger partial charge in [-0.25, -0.2) is 4.79 Å². The molecule has 0 saturated carbocycles. The van der Waals surface area contributed by atoms with Gasteiger partial charge in [-0.1, -0.05) is 18.2 Å². The van der Waals surface area contributed by atoms with Gasteiger partial charge in [0, 0.05) is 17.5 Å². The molecule has 0 aliphatic rings. The summed E-state index contributed by atoms with van der Waals surface area (Å²) in [6.07, 6.45) is -4.82. The van der Waals surface area contributed by atoms with Crippen molar-refractivity contribution in [2.75, 3.05) is 6.61 Å². The lowest BCUT2D eigenvalue weighted by Crippen LogP contribution is -2.17. The lowest BCUT2D eigenvalue weighted by Gasteiger charge is -2.12. The molecule has 0 spiro atoms. The predicted molar refractivity (Wildman–Crippen MR) is 120 cm³/mol. The Kier molecular flexibility index (Phi) is 6.73. The molecule has 0 aliphatic carbocycles. The number of carboxylic acid groups (broad SMARTS) is 1. The van der Waals surface area contributed by atoms with Crippen LogP contribution in [0.15, 0.2) is 54.6 Å². The van der Waals surface area contributed by atoms with Crippen molar-refractivity contribution in [3.05, 3.63) is 71.3 Å². The van der Waals surface area contributed by atoms with Gasteiger partial charge in [-0.2, -0.15) is 4.89 Å². The first kappa shape index (κ1) is 24.8. The zero-order valence-electron chi connectivity index (χ0n) is 18.4. The number of nitrogens with zero attached hydrogens (tertiary/aromatic N) is 1. The number of primary amides is 1. The Morgan fingerprint density at radius 1 is 0.972 bits per heavy atom. The number of fused-ring (bicyclic) bond motifs is 3. The van der Waals surface area contributed by atoms with Crippen molar-refractivity contribution in [2.24, 2.45) is 5.73 Å². The van der Waals surface area contributed by atoms with Gasteiger partial charge in [0.05, 0.1) is 23.0 Å². The van der Waals surface area contributed by atoms with Crippen LogP contribution in [-0.4, -0.2) is 39.6 Å². The van der Waals surface area contributed by atoms with Gasteiger partial charge in [0.1, 0.15) is 5.75 Å². The number of amides is 1. The van der Waals surface area contributed by atoms with Crippen LogP contribution in [-0.2, 0) is 22.8 Å². The lowest BCUT2D eigenvalue weighted by molar-refractivity contribution is -0.274. The third-order valence-corrected chi connectivity index (χ3v) is 5.29. The zero-order chi connectivity index (χ0) is 26.0. The quantitative estimate of drug-likeness (QED) is 0.234. The smallest absolute Gasteiger partial charge is 0.479 e. The van der Waals surface area contributed by atoms with E-state index in [0.717, 1.165) is 0 Å². The Labute approximate surface area is 200 Å². The SMILES string of the molecule is NC(=O)c1cccc2c1c1c(OOCC(=O)O)cc(CO)cc1n2Cc1ccc(OC(F)(F)F)cc1. The first-order valence-electron chi connectivity index (χ1n) is 10.4. The summed E-state index contributed by atoms with van der Waals surface area (Å²) in [5.74, 6) is -2.33. The van der Waals surface area contributed by atoms with Crippen LogP contribution in [0.1, 0.15) is 21.5 Å². The second-order valence-corrected chi connectivity index (χ2v) is 7.73. The summed E-state index contributed by atoms with van der Waals surface area (Å²) < 4.78 is 43.2. The maximum absolute atomic E-state index is 12.5. The largest absolute Gasteiger partial charge is 0.573 e. The Hall–Kier alpha value is -4.29. The van der Waals surface area contributed by atoms with Crippen molar-refractivity contribution in [1.29, 1.82) is 0 Å². The van der Waals surface area contributed by atoms with Crippen LogP contribution in [0.3, 0.4) is 0 Å². The predicted octanol–water partition coefficient (Wildman–Crippen LogP) is 3.73. The van der Waals surface area contributed by atoms with Crippen molar-refractivity contribution < 1.29 is 47.5 Å². The molecule has 1 aromatic heterocycles. The van der Waals surface area contributed by atoms with Crippen LogP contribution < -0.4 is 15.4 Å². The number of benzene rings is 3. The molecule has 3 aromatic carbocycles. The molecule has 4 N–H and O–H groups in total. The molecule has 0 fully saturated rings. The highest BCUT2D eigenvalue weighted by molar-refractivity contribution is 6.19. The number of carboxylic acids is 1. The number of hydrogen-bond acceptors (Lipinski definition) is 6. The number of carbonyl (C=O) groups is 2. The number of halogens is 3. The molecule has 0 bridgehead atoms. The molecular formula is C24H19F3N2O7. The highest BCUT2D eigenvalue weighted by atomic mass is 19.4. The number of aliphatic hydroxyl groups is 1. The van der Waals surface area contributed by atoms with Gasteiger partial charge in [0.2, 0.25) is 5.91 Å². The number of alkyl halides is 3. The zero-order valence-corrected chi connectivity index (χ0v) is 18.4. The van der Waals surface area contributed by atoms with E-state index in [9.17, 15) is 27.9 Å². The number of aliphatic carboxylic acids is 1. The molecule has 0 aliphatic heterocycles. The fourth-order valence-corrected chi connectivity index (χ4v) is 3.93. The van der Waals surface area contributed by atoms with E-state index in [2.05, 4.69) is 4.74 Å². The molecule has 1 heterocycles. The minimum atomic E-state index is -4.82. The molecular weight excluding hydrogens is 485 g/mol. The van der Waals surface area contributed by atoms with Crippen molar-refractivity contribution in [1.82, 2.24) is 4.57 Å². The van der Waals surface area contributed by atoms with Crippen LogP contribution in [0.2, 0.25) is 0 Å². The molecule has 0 saturated heterocycles. The average molecular weight is 504 g/mol. The normalized spacial score (nSPS) is 11.7. The van der Waals surface area contributed by atoms with Gasteiger partial charge < -0.3 is 30.1 Å². The topological polar surface area (TPSA) is 133 Å². The lowest BCUT2D eigenvalue weighted by atomic mass is 10.0. The second kappa shape index (κ2) is 9.76. The van der Waals surface area contributed by atoms with Gasteiger partial charge in [0.15, 0.2) is 12.4 Å². The van der Waals surface area contributed by atoms with E-state index in [1.807, 2.05) is 0 Å². The van der Waals surface area contributed by atoms with Gasteiger partial charge in [-0.05, 0) is 47.5 Å². The Balaban J connectivity index is 1.89. The van der Waals surface area contributed by atoms with Crippen LogP contribution in [0.25, 0.3) is 21.8 Å². The number of nitrogens with two attached hydrogens (primary N) is 1. The molecule has 12 heteroatoms. The first-order valence-corrected chi connectivity index (χ1v) is 10.4.